The van der Waals surface area contributed by atoms with E-state index < -0.39 is 23.9 Å². The summed E-state index contributed by atoms with van der Waals surface area (Å²) in [6, 6.07) is 9.53. The molecule has 0 aromatic heterocycles. The van der Waals surface area contributed by atoms with Gasteiger partial charge in [0.2, 0.25) is 0 Å². The molecule has 0 heterocycles. The zero-order chi connectivity index (χ0) is 27.9. The molecular weight excluding hydrogens is 496 g/mol. The highest BCUT2D eigenvalue weighted by Crippen LogP contribution is 2.26. The van der Waals surface area contributed by atoms with E-state index in [1.165, 1.54) is 42.5 Å². The predicted molar refractivity (Wildman–Crippen MR) is 135 cm³/mol. The third-order valence-electron chi connectivity index (χ3n) is 5.29. The average Bonchev–Trinajstić information content (AvgIpc) is 2.93. The molecule has 1 atom stereocenters. The minimum absolute atomic E-state index is 0.0790. The highest BCUT2D eigenvalue weighted by atomic mass is 16.6. The molecule has 0 amide bonds. The number of esters is 4. The summed E-state index contributed by atoms with van der Waals surface area (Å²) in [6.45, 7) is 7.89. The maximum atomic E-state index is 12.7. The fraction of sp³-hybridized carbons (Fsp3) is 0.321. The summed E-state index contributed by atoms with van der Waals surface area (Å²) in [6.07, 6.45) is 2.90. The van der Waals surface area contributed by atoms with Crippen molar-refractivity contribution in [1.29, 1.82) is 0 Å². The first kappa shape index (κ1) is 29.8. The number of ether oxygens (including phenoxy) is 5. The number of hydrogen-bond donors (Lipinski definition) is 0. The number of benzene rings is 2. The molecule has 0 radical (unpaired) electrons. The summed E-state index contributed by atoms with van der Waals surface area (Å²) in [5, 5.41) is 0. The zero-order valence-electron chi connectivity index (χ0n) is 21.3. The third-order valence-corrected chi connectivity index (χ3v) is 5.29. The van der Waals surface area contributed by atoms with Crippen LogP contribution < -0.4 is 9.47 Å². The number of hydrogen-bond acceptors (Lipinski definition) is 10. The van der Waals surface area contributed by atoms with E-state index in [1.54, 1.807) is 0 Å². The summed E-state index contributed by atoms with van der Waals surface area (Å²) in [4.78, 5) is 59.2. The van der Waals surface area contributed by atoms with Gasteiger partial charge in [-0.3, -0.25) is 4.79 Å². The second kappa shape index (κ2) is 15.6. The number of rotatable bonds is 15. The molecule has 1 unspecified atom stereocenters. The molecule has 38 heavy (non-hydrogen) atoms. The summed E-state index contributed by atoms with van der Waals surface area (Å²) < 4.78 is 25.5. The predicted octanol–water partition coefficient (Wildman–Crippen LogP) is 4.31. The monoisotopic (exact) mass is 526 g/mol. The largest absolute Gasteiger partial charge is 0.463 e. The number of carbonyl (C=O) groups excluding carboxylic acids is 5. The van der Waals surface area contributed by atoms with Gasteiger partial charge in [0.25, 0.3) is 6.47 Å². The average molecular weight is 527 g/mol. The molecule has 0 bridgehead atoms. The van der Waals surface area contributed by atoms with Crippen molar-refractivity contribution in [3.05, 3.63) is 71.8 Å². The molecular formula is C28H30O10. The lowest BCUT2D eigenvalue weighted by atomic mass is 10.1. The quantitative estimate of drug-likeness (QED) is 0.0826. The summed E-state index contributed by atoms with van der Waals surface area (Å²) in [7, 11) is 0. The van der Waals surface area contributed by atoms with Gasteiger partial charge >= 0.3 is 23.9 Å². The van der Waals surface area contributed by atoms with Crippen molar-refractivity contribution in [3.63, 3.8) is 0 Å². The molecule has 0 fully saturated rings. The Kier molecular flexibility index (Phi) is 12.2. The second-order valence-corrected chi connectivity index (χ2v) is 8.17. The standard InChI is InChI=1S/C28H30O10/c1-4-19(3)17-36-28(33)23-16-22(37-18-29)12-13-24(23)38-27(32)21-10-8-20(9-11-21)26(31)35-15-7-6-14-34-25(30)5-2/h5,8-13,16,18-19H,2,4,6-7,14-15,17H2,1,3H3. The molecule has 2 aromatic rings. The van der Waals surface area contributed by atoms with E-state index in [2.05, 4.69) is 6.58 Å². The van der Waals surface area contributed by atoms with Crippen LogP contribution in [-0.2, 0) is 23.8 Å². The summed E-state index contributed by atoms with van der Waals surface area (Å²) >= 11 is 0. The van der Waals surface area contributed by atoms with Gasteiger partial charge in [0.15, 0.2) is 0 Å². The summed E-state index contributed by atoms with van der Waals surface area (Å²) in [5.41, 5.74) is 0.266. The molecule has 202 valence electrons. The SMILES string of the molecule is C=CC(=O)OCCCCOC(=O)c1ccc(C(=O)Oc2ccc(OC=O)cc2C(=O)OCC(C)CC)cc1. The molecule has 2 aromatic carbocycles. The number of unbranched alkanes of at least 4 members (excludes halogenated alkanes) is 1. The van der Waals surface area contributed by atoms with Gasteiger partial charge in [-0.15, -0.1) is 0 Å². The molecule has 10 nitrogen and oxygen atoms in total. The van der Waals surface area contributed by atoms with Crippen molar-refractivity contribution in [2.75, 3.05) is 19.8 Å². The topological polar surface area (TPSA) is 132 Å². The first-order valence-electron chi connectivity index (χ1n) is 12.0. The highest BCUT2D eigenvalue weighted by Gasteiger charge is 2.20. The molecule has 10 heteroatoms. The summed E-state index contributed by atoms with van der Waals surface area (Å²) in [5.74, 6) is -2.47. The fourth-order valence-corrected chi connectivity index (χ4v) is 2.89. The van der Waals surface area contributed by atoms with Crippen molar-refractivity contribution in [3.8, 4) is 11.5 Å². The Bertz CT molecular complexity index is 1140. The van der Waals surface area contributed by atoms with Crippen LogP contribution in [0.25, 0.3) is 0 Å². The molecule has 0 saturated heterocycles. The lowest BCUT2D eigenvalue weighted by molar-refractivity contribution is -0.137. The van der Waals surface area contributed by atoms with Gasteiger partial charge in [-0.1, -0.05) is 26.8 Å². The smallest absolute Gasteiger partial charge is 0.343 e. The zero-order valence-corrected chi connectivity index (χ0v) is 21.3. The van der Waals surface area contributed by atoms with Crippen LogP contribution in [-0.4, -0.2) is 50.2 Å². The Morgan fingerprint density at radius 3 is 2.11 bits per heavy atom. The minimum atomic E-state index is -0.779. The van der Waals surface area contributed by atoms with Crippen molar-refractivity contribution in [1.82, 2.24) is 0 Å². The van der Waals surface area contributed by atoms with Gasteiger partial charge in [0.05, 0.1) is 30.9 Å². The van der Waals surface area contributed by atoms with Gasteiger partial charge in [0, 0.05) is 6.08 Å². The van der Waals surface area contributed by atoms with Crippen LogP contribution in [0.3, 0.4) is 0 Å². The normalized spacial score (nSPS) is 11.0. The van der Waals surface area contributed by atoms with E-state index in [-0.39, 0.29) is 60.4 Å². The molecule has 0 N–H and O–H groups in total. The van der Waals surface area contributed by atoms with E-state index in [9.17, 15) is 24.0 Å². The second-order valence-electron chi connectivity index (χ2n) is 8.17. The van der Waals surface area contributed by atoms with Gasteiger partial charge in [0.1, 0.15) is 17.1 Å². The first-order chi connectivity index (χ1) is 18.3. The Morgan fingerprint density at radius 2 is 1.50 bits per heavy atom. The van der Waals surface area contributed by atoms with Gasteiger partial charge in [-0.05, 0) is 61.2 Å². The third kappa shape index (κ3) is 9.53. The van der Waals surface area contributed by atoms with Crippen molar-refractivity contribution in [2.45, 2.75) is 33.1 Å². The maximum Gasteiger partial charge on any atom is 0.343 e. The Balaban J connectivity index is 1.99. The van der Waals surface area contributed by atoms with E-state index in [4.69, 9.17) is 23.7 Å². The van der Waals surface area contributed by atoms with Crippen molar-refractivity contribution >= 4 is 30.3 Å². The minimum Gasteiger partial charge on any atom is -0.463 e. The fourth-order valence-electron chi connectivity index (χ4n) is 2.89. The molecule has 2 rings (SSSR count). The van der Waals surface area contributed by atoms with Crippen LogP contribution in [0.5, 0.6) is 11.5 Å². The molecule has 0 aliphatic carbocycles. The van der Waals surface area contributed by atoms with E-state index in [0.717, 1.165) is 12.5 Å². The molecule has 0 aliphatic rings. The van der Waals surface area contributed by atoms with E-state index >= 15 is 0 Å². The van der Waals surface area contributed by atoms with Gasteiger partial charge in [-0.2, -0.15) is 0 Å². The highest BCUT2D eigenvalue weighted by molar-refractivity contribution is 5.97. The lowest BCUT2D eigenvalue weighted by Crippen LogP contribution is -2.15. The van der Waals surface area contributed by atoms with Crippen LogP contribution in [0.15, 0.2) is 55.1 Å². The van der Waals surface area contributed by atoms with E-state index in [0.29, 0.717) is 12.8 Å². The Labute approximate surface area is 220 Å². The van der Waals surface area contributed by atoms with Crippen LogP contribution in [0.1, 0.15) is 64.2 Å². The van der Waals surface area contributed by atoms with E-state index in [1.807, 2.05) is 13.8 Å². The first-order valence-corrected chi connectivity index (χ1v) is 12.0. The number of carbonyl (C=O) groups is 5. The van der Waals surface area contributed by atoms with Crippen LogP contribution >= 0.6 is 0 Å². The lowest BCUT2D eigenvalue weighted by Gasteiger charge is -2.13. The Morgan fingerprint density at radius 1 is 0.868 bits per heavy atom. The van der Waals surface area contributed by atoms with Gasteiger partial charge in [-0.25, -0.2) is 19.2 Å². The molecule has 0 aliphatic heterocycles. The van der Waals surface area contributed by atoms with Crippen molar-refractivity contribution in [2.24, 2.45) is 5.92 Å². The van der Waals surface area contributed by atoms with Gasteiger partial charge < -0.3 is 23.7 Å². The Hall–Kier alpha value is -4.47. The molecule has 0 saturated carbocycles. The maximum absolute atomic E-state index is 12.7. The van der Waals surface area contributed by atoms with Crippen LogP contribution in [0.2, 0.25) is 0 Å². The van der Waals surface area contributed by atoms with Crippen molar-refractivity contribution < 1.29 is 47.7 Å². The van der Waals surface area contributed by atoms with Crippen LogP contribution in [0.4, 0.5) is 0 Å². The molecule has 0 spiro atoms. The van der Waals surface area contributed by atoms with Crippen LogP contribution in [0, 0.1) is 5.92 Å².